The van der Waals surface area contributed by atoms with Gasteiger partial charge in [0, 0.05) is 37.5 Å². The lowest BCUT2D eigenvalue weighted by atomic mass is 10.0. The van der Waals surface area contributed by atoms with Crippen LogP contribution in [0.5, 0.6) is 5.75 Å². The molecule has 1 heterocycles. The van der Waals surface area contributed by atoms with Gasteiger partial charge in [0.2, 0.25) is 0 Å². The van der Waals surface area contributed by atoms with Gasteiger partial charge in [0.25, 0.3) is 0 Å². The highest BCUT2D eigenvalue weighted by atomic mass is 19.1. The van der Waals surface area contributed by atoms with Crippen molar-refractivity contribution in [1.29, 1.82) is 0 Å². The van der Waals surface area contributed by atoms with E-state index in [1.165, 1.54) is 12.1 Å². The Morgan fingerprint density at radius 3 is 2.62 bits per heavy atom. The van der Waals surface area contributed by atoms with Crippen molar-refractivity contribution >= 4 is 5.78 Å². The third-order valence-corrected chi connectivity index (χ3v) is 4.61. The molecule has 0 saturated carbocycles. The molecule has 5 heteroatoms. The van der Waals surface area contributed by atoms with Gasteiger partial charge in [0.15, 0.2) is 0 Å². The number of pyridine rings is 1. The van der Waals surface area contributed by atoms with E-state index in [-0.39, 0.29) is 11.6 Å². The van der Waals surface area contributed by atoms with E-state index < -0.39 is 0 Å². The number of nitrogens with one attached hydrogen (secondary N) is 1. The number of rotatable bonds is 9. The number of carbonyl (C=O) groups excluding carboxylic acids is 1. The minimum atomic E-state index is -0.249. The molecule has 0 amide bonds. The first-order valence-corrected chi connectivity index (χ1v) is 9.63. The third kappa shape index (κ3) is 6.22. The zero-order chi connectivity index (χ0) is 20.6. The van der Waals surface area contributed by atoms with Crippen LogP contribution in [0.4, 0.5) is 4.39 Å². The first-order chi connectivity index (χ1) is 14.0. The van der Waals surface area contributed by atoms with E-state index in [2.05, 4.69) is 10.3 Å². The zero-order valence-corrected chi connectivity index (χ0v) is 16.7. The molecule has 1 aromatic heterocycles. The molecule has 0 aliphatic carbocycles. The number of aromatic nitrogens is 1. The maximum Gasteiger partial charge on any atom is 0.134 e. The van der Waals surface area contributed by atoms with Gasteiger partial charge >= 0.3 is 0 Å². The monoisotopic (exact) mass is 392 g/mol. The Morgan fingerprint density at radius 2 is 1.86 bits per heavy atom. The molecular weight excluding hydrogens is 367 g/mol. The predicted molar refractivity (Wildman–Crippen MR) is 112 cm³/mol. The Balaban J connectivity index is 1.48. The SMILES string of the molecule is CC(=O)Cc1cc(OCCNCc2cncc(-c3ccc(F)cc3)c2)ccc1C. The Morgan fingerprint density at radius 1 is 1.07 bits per heavy atom. The first kappa shape index (κ1) is 20.7. The Labute approximate surface area is 170 Å². The second kappa shape index (κ2) is 9.94. The molecule has 0 aliphatic heterocycles. The van der Waals surface area contributed by atoms with Gasteiger partial charge in [-0.05, 0) is 66.4 Å². The zero-order valence-electron chi connectivity index (χ0n) is 16.7. The maximum absolute atomic E-state index is 13.1. The molecule has 0 aliphatic rings. The summed E-state index contributed by atoms with van der Waals surface area (Å²) >= 11 is 0. The van der Waals surface area contributed by atoms with Crippen LogP contribution in [0, 0.1) is 12.7 Å². The van der Waals surface area contributed by atoms with E-state index >= 15 is 0 Å². The number of hydrogen-bond acceptors (Lipinski definition) is 4. The largest absolute Gasteiger partial charge is 0.492 e. The fraction of sp³-hybridized carbons (Fsp3) is 0.250. The number of nitrogens with zero attached hydrogens (tertiary/aromatic N) is 1. The van der Waals surface area contributed by atoms with Crippen LogP contribution in [0.15, 0.2) is 60.9 Å². The number of ether oxygens (including phenoxy) is 1. The lowest BCUT2D eigenvalue weighted by Gasteiger charge is -2.11. The van der Waals surface area contributed by atoms with Crippen molar-refractivity contribution in [2.24, 2.45) is 0 Å². The number of ketones is 1. The van der Waals surface area contributed by atoms with Gasteiger partial charge in [-0.3, -0.25) is 9.78 Å². The molecule has 4 nitrogen and oxygen atoms in total. The highest BCUT2D eigenvalue weighted by molar-refractivity contribution is 5.78. The summed E-state index contributed by atoms with van der Waals surface area (Å²) in [6.45, 7) is 5.45. The normalized spacial score (nSPS) is 10.7. The van der Waals surface area contributed by atoms with E-state index in [1.807, 2.05) is 37.4 Å². The molecule has 0 bridgehead atoms. The van der Waals surface area contributed by atoms with E-state index in [0.717, 1.165) is 33.6 Å². The molecule has 0 atom stereocenters. The van der Waals surface area contributed by atoms with Crippen molar-refractivity contribution in [2.45, 2.75) is 26.8 Å². The van der Waals surface area contributed by atoms with Crippen LogP contribution < -0.4 is 10.1 Å². The molecule has 3 aromatic rings. The summed E-state index contributed by atoms with van der Waals surface area (Å²) in [6, 6.07) is 14.3. The standard InChI is InChI=1S/C24H25FN2O2/c1-17-3-8-24(13-21(17)11-18(2)28)29-10-9-26-14-19-12-22(16-27-15-19)20-4-6-23(25)7-5-20/h3-8,12-13,15-16,26H,9-11,14H2,1-2H3. The summed E-state index contributed by atoms with van der Waals surface area (Å²) < 4.78 is 18.9. The van der Waals surface area contributed by atoms with Gasteiger partial charge < -0.3 is 10.1 Å². The summed E-state index contributed by atoms with van der Waals surface area (Å²) in [7, 11) is 0. The summed E-state index contributed by atoms with van der Waals surface area (Å²) in [4.78, 5) is 15.6. The third-order valence-electron chi connectivity index (χ3n) is 4.61. The average Bonchev–Trinajstić information content (AvgIpc) is 2.70. The molecule has 29 heavy (non-hydrogen) atoms. The fourth-order valence-electron chi connectivity index (χ4n) is 3.05. The Kier molecular flexibility index (Phi) is 7.09. The van der Waals surface area contributed by atoms with E-state index in [0.29, 0.717) is 26.1 Å². The minimum absolute atomic E-state index is 0.142. The van der Waals surface area contributed by atoms with Crippen LogP contribution in [0.2, 0.25) is 0 Å². The molecule has 0 unspecified atom stereocenters. The molecule has 2 aromatic carbocycles. The van der Waals surface area contributed by atoms with Crippen LogP contribution >= 0.6 is 0 Å². The van der Waals surface area contributed by atoms with Crippen molar-refractivity contribution < 1.29 is 13.9 Å². The quantitative estimate of drug-likeness (QED) is 0.545. The first-order valence-electron chi connectivity index (χ1n) is 9.63. The van der Waals surface area contributed by atoms with Crippen molar-refractivity contribution in [1.82, 2.24) is 10.3 Å². The van der Waals surface area contributed by atoms with Crippen molar-refractivity contribution in [3.63, 3.8) is 0 Å². The van der Waals surface area contributed by atoms with Crippen LogP contribution in [0.1, 0.15) is 23.6 Å². The molecule has 0 saturated heterocycles. The molecule has 0 fully saturated rings. The number of benzene rings is 2. The summed E-state index contributed by atoms with van der Waals surface area (Å²) in [5.41, 5.74) is 5.04. The van der Waals surface area contributed by atoms with E-state index in [4.69, 9.17) is 4.74 Å². The second-order valence-corrected chi connectivity index (χ2v) is 7.08. The van der Waals surface area contributed by atoms with Crippen LogP contribution in [-0.4, -0.2) is 23.9 Å². The fourth-order valence-corrected chi connectivity index (χ4v) is 3.05. The molecule has 150 valence electrons. The van der Waals surface area contributed by atoms with Crippen molar-refractivity contribution in [3.05, 3.63) is 83.4 Å². The summed E-state index contributed by atoms with van der Waals surface area (Å²) in [6.07, 6.45) is 4.02. The van der Waals surface area contributed by atoms with E-state index in [9.17, 15) is 9.18 Å². The van der Waals surface area contributed by atoms with Crippen LogP contribution in [-0.2, 0) is 17.8 Å². The van der Waals surface area contributed by atoms with Crippen molar-refractivity contribution in [2.75, 3.05) is 13.2 Å². The van der Waals surface area contributed by atoms with Gasteiger partial charge in [-0.1, -0.05) is 18.2 Å². The Hall–Kier alpha value is -3.05. The van der Waals surface area contributed by atoms with Gasteiger partial charge in [0.05, 0.1) is 0 Å². The van der Waals surface area contributed by atoms with Crippen molar-refractivity contribution in [3.8, 4) is 16.9 Å². The van der Waals surface area contributed by atoms with E-state index in [1.54, 1.807) is 25.3 Å². The predicted octanol–water partition coefficient (Wildman–Crippen LogP) is 4.50. The number of aryl methyl sites for hydroxylation is 1. The minimum Gasteiger partial charge on any atom is -0.492 e. The highest BCUT2D eigenvalue weighted by Gasteiger charge is 2.05. The molecular formula is C24H25FN2O2. The summed E-state index contributed by atoms with van der Waals surface area (Å²) in [5.74, 6) is 0.665. The van der Waals surface area contributed by atoms with Crippen LogP contribution in [0.25, 0.3) is 11.1 Å². The molecule has 1 N–H and O–H groups in total. The smallest absolute Gasteiger partial charge is 0.134 e. The highest BCUT2D eigenvalue weighted by Crippen LogP contribution is 2.20. The molecule has 3 rings (SSSR count). The number of halogens is 1. The maximum atomic E-state index is 13.1. The topological polar surface area (TPSA) is 51.2 Å². The molecule has 0 radical (unpaired) electrons. The Bertz CT molecular complexity index is 971. The van der Waals surface area contributed by atoms with Gasteiger partial charge in [0.1, 0.15) is 24.0 Å². The molecule has 0 spiro atoms. The average molecular weight is 392 g/mol. The van der Waals surface area contributed by atoms with Gasteiger partial charge in [-0.15, -0.1) is 0 Å². The number of Topliss-reactive ketones (excluding diaryl/α,β-unsaturated/α-hetero) is 1. The number of carbonyl (C=O) groups is 1. The van der Waals surface area contributed by atoms with Gasteiger partial charge in [-0.2, -0.15) is 0 Å². The summed E-state index contributed by atoms with van der Waals surface area (Å²) in [5, 5.41) is 3.34. The lowest BCUT2D eigenvalue weighted by Crippen LogP contribution is -2.20. The lowest BCUT2D eigenvalue weighted by molar-refractivity contribution is -0.116. The second-order valence-electron chi connectivity index (χ2n) is 7.08. The van der Waals surface area contributed by atoms with Gasteiger partial charge in [-0.25, -0.2) is 4.39 Å². The number of hydrogen-bond donors (Lipinski definition) is 1. The van der Waals surface area contributed by atoms with Crippen LogP contribution in [0.3, 0.4) is 0 Å².